The highest BCUT2D eigenvalue weighted by Crippen LogP contribution is 2.43. The third kappa shape index (κ3) is 31.3. The molecule has 0 bridgehead atoms. The molecule has 8 unspecified atom stereocenters. The largest absolute Gasteiger partial charge is 0.383 e. The summed E-state index contributed by atoms with van der Waals surface area (Å²) in [5.41, 5.74) is 36.0. The van der Waals surface area contributed by atoms with Gasteiger partial charge in [0.25, 0.3) is 0 Å². The lowest BCUT2D eigenvalue weighted by Crippen LogP contribution is -2.30. The van der Waals surface area contributed by atoms with Crippen molar-refractivity contribution in [2.24, 2.45) is 35.5 Å². The fourth-order valence-corrected chi connectivity index (χ4v) is 20.5. The zero-order chi connectivity index (χ0) is 101. The summed E-state index contributed by atoms with van der Waals surface area (Å²) in [6, 6.07) is 93.2. The predicted octanol–water partition coefficient (Wildman–Crippen LogP) is 35.9. The summed E-state index contributed by atoms with van der Waals surface area (Å²) in [7, 11) is 0. The molecule has 12 rings (SSSR count). The first-order valence-corrected chi connectivity index (χ1v) is 52.7. The summed E-state index contributed by atoms with van der Waals surface area (Å²) in [5, 5.41) is 46.0. The number of anilines is 24. The van der Waals surface area contributed by atoms with Crippen molar-refractivity contribution in [1.29, 1.82) is 0 Å². The molecule has 0 aliphatic rings. The molecular weight excluding hydrogens is 1710 g/mol. The summed E-state index contributed by atoms with van der Waals surface area (Å²) < 4.78 is 0. The Morgan fingerprint density at radius 1 is 0.186 bits per heavy atom. The van der Waals surface area contributed by atoms with Crippen molar-refractivity contribution in [2.75, 3.05) is 78.5 Å². The molecule has 12 N–H and O–H groups in total. The molecule has 0 saturated heterocycles. The number of rotatable bonds is 51. The Bertz CT molecular complexity index is 5800. The molecular formula is C125H171N15. The maximum Gasteiger partial charge on any atom is 0.0418 e. The van der Waals surface area contributed by atoms with Crippen molar-refractivity contribution in [3.05, 3.63) is 287 Å². The Morgan fingerprint density at radius 3 is 0.693 bits per heavy atom. The summed E-state index contributed by atoms with van der Waals surface area (Å²) in [6.07, 6.45) is 9.80. The van der Waals surface area contributed by atoms with Gasteiger partial charge in [-0.1, -0.05) is 83.1 Å². The lowest BCUT2D eigenvalue weighted by Gasteiger charge is -2.34. The quantitative estimate of drug-likeness (QED) is 0.0175. The van der Waals surface area contributed by atoms with Gasteiger partial charge in [-0.3, -0.25) is 0 Å². The van der Waals surface area contributed by atoms with Gasteiger partial charge in [0.05, 0.1) is 0 Å². The molecule has 15 heteroatoms. The molecule has 0 spiro atoms. The highest BCUT2D eigenvalue weighted by molar-refractivity contribution is 5.80. The summed E-state index contributed by atoms with van der Waals surface area (Å²) in [5.74, 6) is 3.64. The average Bonchev–Trinajstić information content (AvgIpc) is 0.800. The molecule has 0 radical (unpaired) electrons. The van der Waals surface area contributed by atoms with E-state index in [2.05, 4.69) is 515 Å². The number of aryl methyl sites for hydroxylation is 8. The van der Waals surface area contributed by atoms with Crippen molar-refractivity contribution < 1.29 is 0 Å². The van der Waals surface area contributed by atoms with E-state index in [0.717, 1.165) is 189 Å². The van der Waals surface area contributed by atoms with Crippen LogP contribution in [0.25, 0.3) is 0 Å². The van der Waals surface area contributed by atoms with E-state index in [4.69, 9.17) is 0 Å². The molecule has 0 aliphatic carbocycles. The van der Waals surface area contributed by atoms with Gasteiger partial charge in [-0.05, 0) is 498 Å². The lowest BCUT2D eigenvalue weighted by molar-refractivity contribution is 0.539. The van der Waals surface area contributed by atoms with Crippen molar-refractivity contribution >= 4 is 136 Å². The van der Waals surface area contributed by atoms with Crippen LogP contribution in [0.3, 0.4) is 0 Å². The van der Waals surface area contributed by atoms with Crippen molar-refractivity contribution in [3.8, 4) is 0 Å². The molecule has 0 aliphatic heterocycles. The second-order valence-corrected chi connectivity index (χ2v) is 43.8. The van der Waals surface area contributed by atoms with Gasteiger partial charge in [-0.2, -0.15) is 0 Å². The van der Waals surface area contributed by atoms with Crippen LogP contribution in [0.2, 0.25) is 0 Å². The zero-order valence-corrected chi connectivity index (χ0v) is 90.2. The first-order valence-electron chi connectivity index (χ1n) is 52.7. The molecule has 0 heterocycles. The normalized spacial score (nSPS) is 13.4. The second kappa shape index (κ2) is 50.2. The molecule has 140 heavy (non-hydrogen) atoms. The first kappa shape index (κ1) is 107. The Kier molecular flexibility index (Phi) is 38.2. The number of nitrogens with one attached hydrogen (secondary N) is 12. The minimum absolute atomic E-state index is 0.0159. The monoisotopic (exact) mass is 1880 g/mol. The maximum absolute atomic E-state index is 4.07. The second-order valence-electron chi connectivity index (χ2n) is 43.8. The molecule has 0 saturated carbocycles. The van der Waals surface area contributed by atoms with Crippen LogP contribution in [-0.2, 0) is 12.8 Å². The smallest absolute Gasteiger partial charge is 0.0418 e. The standard InChI is InChI=1S/C125H171N15/c1-79(2)65-92(21)126-102-33-37-106(38-34-102)134-122-61-53-114(75-90(122)19)138(85(13)14)116-55-63-124(135-107-39-35-103(36-40-107)127-93(22)66-80(3)4)100(77-116)32-30-99(28)140(115-54-62-123(91(20)76-115)136-110-47-59-120(88(17)73-110)130-96(25)69-83(9)10)117-56-64-125(137-111-48-60-121(89(18)74-111)131-97(26)70-84(11)12)101(78-117)31-29-98(27)139(112-49-41-104(42-50-112)132-108-45-57-118(86(15)71-108)128-94(23)67-81(5)6)113-51-43-105(44-52-113)133-109-46-58-119(87(16)72-109)129-95(24)68-82(7)8/h33-64,71-85,92-99,126-137H,29-32,65-70H2,1-28H3. The van der Waals surface area contributed by atoms with E-state index in [1.54, 1.807) is 0 Å². The van der Waals surface area contributed by atoms with Gasteiger partial charge in [-0.15, -0.1) is 0 Å². The topological polar surface area (TPSA) is 154 Å². The first-order chi connectivity index (χ1) is 66.8. The minimum atomic E-state index is -0.0159. The van der Waals surface area contributed by atoms with Crippen LogP contribution >= 0.6 is 0 Å². The number of benzene rings is 12. The Balaban J connectivity index is 0.933. The maximum atomic E-state index is 4.07. The third-order valence-corrected chi connectivity index (χ3v) is 26.8. The van der Waals surface area contributed by atoms with E-state index < -0.39 is 0 Å². The van der Waals surface area contributed by atoms with Gasteiger partial charge in [0, 0.05) is 191 Å². The molecule has 0 fully saturated rings. The zero-order valence-electron chi connectivity index (χ0n) is 90.2. The van der Waals surface area contributed by atoms with Crippen molar-refractivity contribution in [1.82, 2.24) is 0 Å². The van der Waals surface area contributed by atoms with E-state index in [0.29, 0.717) is 71.8 Å². The molecule has 746 valence electrons. The molecule has 12 aromatic rings. The van der Waals surface area contributed by atoms with Crippen LogP contribution in [0.5, 0.6) is 0 Å². The number of hydrogen-bond donors (Lipinski definition) is 12. The molecule has 12 aromatic carbocycles. The van der Waals surface area contributed by atoms with Crippen LogP contribution in [0.1, 0.15) is 248 Å². The van der Waals surface area contributed by atoms with Gasteiger partial charge in [-0.25, -0.2) is 0 Å². The fraction of sp³-hybridized carbons (Fsp3) is 0.424. The SMILES string of the molecule is Cc1cc(N(c2ccc(Nc3ccc(NC(C)CC(C)C)cc3)c(CCC(C)N(c3ccc(Nc4ccc(NC(C)CC(C)C)c(C)c4)c(C)c3)c3ccc(Nc4ccc(NC(C)CC(C)C)c(C)c4)c(CCC(C)N(c4ccc(Nc5ccc(NC(C)CC(C)C)c(C)c5)cc4)c4ccc(Nc5ccc(NC(C)CC(C)C)c(C)c5)cc4)c3)c2)C(C)C)ccc1Nc1ccc(NC(C)CC(C)C)cc1. The van der Waals surface area contributed by atoms with Crippen LogP contribution in [0.15, 0.2) is 243 Å². The van der Waals surface area contributed by atoms with Crippen LogP contribution in [0.4, 0.5) is 136 Å². The predicted molar refractivity (Wildman–Crippen MR) is 618 cm³/mol. The average molecular weight is 1880 g/mol. The summed E-state index contributed by atoms with van der Waals surface area (Å²) in [6.45, 7) is 64.0. The van der Waals surface area contributed by atoms with Gasteiger partial charge >= 0.3 is 0 Å². The fourth-order valence-electron chi connectivity index (χ4n) is 20.5. The Hall–Kier alpha value is -12.4. The molecule has 15 nitrogen and oxygen atoms in total. The van der Waals surface area contributed by atoms with E-state index in [1.807, 2.05) is 0 Å². The Labute approximate surface area is 844 Å². The summed E-state index contributed by atoms with van der Waals surface area (Å²) >= 11 is 0. The lowest BCUT2D eigenvalue weighted by atomic mass is 9.98. The minimum Gasteiger partial charge on any atom is -0.383 e. The summed E-state index contributed by atoms with van der Waals surface area (Å²) in [4.78, 5) is 7.67. The van der Waals surface area contributed by atoms with Crippen molar-refractivity contribution in [2.45, 2.75) is 312 Å². The van der Waals surface area contributed by atoms with Crippen LogP contribution < -0.4 is 78.5 Å². The highest BCUT2D eigenvalue weighted by atomic mass is 15.2. The van der Waals surface area contributed by atoms with E-state index >= 15 is 0 Å². The molecule has 0 amide bonds. The number of hydrogen-bond acceptors (Lipinski definition) is 15. The number of nitrogens with zero attached hydrogens (tertiary/aromatic N) is 3. The molecule has 0 aromatic heterocycles. The van der Waals surface area contributed by atoms with E-state index in [9.17, 15) is 0 Å². The van der Waals surface area contributed by atoms with Gasteiger partial charge < -0.3 is 78.5 Å². The van der Waals surface area contributed by atoms with Crippen LogP contribution in [-0.4, -0.2) is 54.4 Å². The van der Waals surface area contributed by atoms with Gasteiger partial charge in [0.15, 0.2) is 0 Å². The van der Waals surface area contributed by atoms with Gasteiger partial charge in [0.1, 0.15) is 0 Å². The highest BCUT2D eigenvalue weighted by Gasteiger charge is 2.27. The van der Waals surface area contributed by atoms with E-state index in [1.165, 1.54) is 56.0 Å². The van der Waals surface area contributed by atoms with Gasteiger partial charge in [0.2, 0.25) is 0 Å². The van der Waals surface area contributed by atoms with Crippen molar-refractivity contribution in [3.63, 3.8) is 0 Å². The third-order valence-electron chi connectivity index (χ3n) is 26.8. The van der Waals surface area contributed by atoms with Crippen LogP contribution in [0, 0.1) is 77.0 Å². The Morgan fingerprint density at radius 2 is 0.393 bits per heavy atom. The molecule has 8 atom stereocenters. The van der Waals surface area contributed by atoms with E-state index in [-0.39, 0.29) is 18.1 Å².